The zero-order valence-electron chi connectivity index (χ0n) is 15.2. The second-order valence-corrected chi connectivity index (χ2v) is 6.28. The Kier molecular flexibility index (Phi) is 5.97. The van der Waals surface area contributed by atoms with Crippen LogP contribution in [-0.4, -0.2) is 11.8 Å². The van der Waals surface area contributed by atoms with Gasteiger partial charge in [0.05, 0.1) is 5.56 Å². The second kappa shape index (κ2) is 8.60. The molecule has 0 saturated carbocycles. The molecule has 0 aliphatic rings. The minimum Gasteiger partial charge on any atom is -0.348 e. The number of hydrogen-bond acceptors (Lipinski definition) is 2. The average Bonchev–Trinajstić information content (AvgIpc) is 2.72. The van der Waals surface area contributed by atoms with Gasteiger partial charge in [-0.15, -0.1) is 0 Å². The lowest BCUT2D eigenvalue weighted by atomic mass is 10.1. The van der Waals surface area contributed by atoms with Gasteiger partial charge in [0.1, 0.15) is 0 Å². The van der Waals surface area contributed by atoms with Crippen molar-refractivity contribution in [1.29, 1.82) is 0 Å². The molecule has 4 nitrogen and oxygen atoms in total. The Hall–Kier alpha value is -3.61. The van der Waals surface area contributed by atoms with Gasteiger partial charge in [0.2, 0.25) is 0 Å². The Balaban J connectivity index is 1.65. The molecule has 148 valence electrons. The Bertz CT molecular complexity index is 1000. The highest BCUT2D eigenvalue weighted by Crippen LogP contribution is 2.29. The number of nitrogens with one attached hydrogen (secondary N) is 2. The van der Waals surface area contributed by atoms with E-state index in [1.54, 1.807) is 12.1 Å². The van der Waals surface area contributed by atoms with Crippen LogP contribution in [0, 0.1) is 0 Å². The number of carbonyl (C=O) groups is 2. The maximum Gasteiger partial charge on any atom is 0.416 e. The molecule has 0 heterocycles. The monoisotopic (exact) mass is 398 g/mol. The summed E-state index contributed by atoms with van der Waals surface area (Å²) in [5, 5.41) is 5.30. The third-order valence-corrected chi connectivity index (χ3v) is 4.15. The van der Waals surface area contributed by atoms with Gasteiger partial charge in [0.15, 0.2) is 0 Å². The van der Waals surface area contributed by atoms with Crippen LogP contribution in [0.4, 0.5) is 18.9 Å². The predicted molar refractivity (Wildman–Crippen MR) is 103 cm³/mol. The van der Waals surface area contributed by atoms with E-state index < -0.39 is 17.6 Å². The van der Waals surface area contributed by atoms with E-state index in [-0.39, 0.29) is 17.2 Å². The molecule has 0 unspecified atom stereocenters. The van der Waals surface area contributed by atoms with Gasteiger partial charge in [-0.2, -0.15) is 13.2 Å². The van der Waals surface area contributed by atoms with E-state index >= 15 is 0 Å². The molecule has 3 aromatic rings. The fourth-order valence-electron chi connectivity index (χ4n) is 2.63. The van der Waals surface area contributed by atoms with Crippen LogP contribution in [0.25, 0.3) is 0 Å². The van der Waals surface area contributed by atoms with E-state index in [0.717, 1.165) is 17.7 Å². The molecule has 0 bridgehead atoms. The number of amides is 2. The minimum absolute atomic E-state index is 0.220. The van der Waals surface area contributed by atoms with Gasteiger partial charge >= 0.3 is 6.18 Å². The third kappa shape index (κ3) is 5.44. The van der Waals surface area contributed by atoms with Crippen LogP contribution in [0.5, 0.6) is 0 Å². The van der Waals surface area contributed by atoms with Crippen molar-refractivity contribution >= 4 is 17.5 Å². The van der Waals surface area contributed by atoms with Gasteiger partial charge in [-0.05, 0) is 48.0 Å². The summed E-state index contributed by atoms with van der Waals surface area (Å²) < 4.78 is 37.8. The quantitative estimate of drug-likeness (QED) is 0.643. The molecular weight excluding hydrogens is 381 g/mol. The van der Waals surface area contributed by atoms with Gasteiger partial charge in [-0.25, -0.2) is 0 Å². The zero-order valence-corrected chi connectivity index (χ0v) is 15.2. The SMILES string of the molecule is O=C(NCc1ccccc1)c1cccc(C(=O)Nc2ccc(C(F)(F)F)cc2)c1. The van der Waals surface area contributed by atoms with E-state index in [4.69, 9.17) is 0 Å². The molecule has 0 aliphatic heterocycles. The number of halogens is 3. The highest BCUT2D eigenvalue weighted by atomic mass is 19.4. The number of benzene rings is 3. The largest absolute Gasteiger partial charge is 0.416 e. The summed E-state index contributed by atoms with van der Waals surface area (Å²) >= 11 is 0. The maximum absolute atomic E-state index is 12.6. The molecule has 0 atom stereocenters. The van der Waals surface area contributed by atoms with Crippen LogP contribution in [-0.2, 0) is 12.7 Å². The first-order chi connectivity index (χ1) is 13.8. The van der Waals surface area contributed by atoms with Crippen LogP contribution >= 0.6 is 0 Å². The van der Waals surface area contributed by atoms with Gasteiger partial charge in [0.25, 0.3) is 11.8 Å². The molecule has 3 rings (SSSR count). The topological polar surface area (TPSA) is 58.2 Å². The van der Waals surface area contributed by atoms with Crippen LogP contribution in [0.3, 0.4) is 0 Å². The molecule has 0 spiro atoms. The van der Waals surface area contributed by atoms with Crippen molar-refractivity contribution in [1.82, 2.24) is 5.32 Å². The fraction of sp³-hybridized carbons (Fsp3) is 0.0909. The lowest BCUT2D eigenvalue weighted by Gasteiger charge is -2.10. The van der Waals surface area contributed by atoms with Gasteiger partial charge < -0.3 is 10.6 Å². The average molecular weight is 398 g/mol. The van der Waals surface area contributed by atoms with Crippen LogP contribution < -0.4 is 10.6 Å². The first-order valence-electron chi connectivity index (χ1n) is 8.74. The van der Waals surface area contributed by atoms with Crippen LogP contribution in [0.2, 0.25) is 0 Å². The number of rotatable bonds is 5. The van der Waals surface area contributed by atoms with Crippen molar-refractivity contribution < 1.29 is 22.8 Å². The maximum atomic E-state index is 12.6. The van der Waals surface area contributed by atoms with Gasteiger partial charge in [-0.1, -0.05) is 36.4 Å². The molecule has 2 N–H and O–H groups in total. The summed E-state index contributed by atoms with van der Waals surface area (Å²) in [7, 11) is 0. The summed E-state index contributed by atoms with van der Waals surface area (Å²) in [5.41, 5.74) is 0.893. The lowest BCUT2D eigenvalue weighted by Crippen LogP contribution is -2.23. The summed E-state index contributed by atoms with van der Waals surface area (Å²) in [6.07, 6.45) is -4.44. The fourth-order valence-corrected chi connectivity index (χ4v) is 2.63. The Labute approximate surface area is 165 Å². The third-order valence-electron chi connectivity index (χ3n) is 4.15. The van der Waals surface area contributed by atoms with Crippen molar-refractivity contribution in [2.75, 3.05) is 5.32 Å². The van der Waals surface area contributed by atoms with Crippen molar-refractivity contribution in [2.24, 2.45) is 0 Å². The summed E-state index contributed by atoms with van der Waals surface area (Å²) in [5.74, 6) is -0.861. The Morgan fingerprint density at radius 3 is 2.00 bits per heavy atom. The van der Waals surface area contributed by atoms with E-state index in [1.807, 2.05) is 30.3 Å². The van der Waals surface area contributed by atoms with Gasteiger partial charge in [-0.3, -0.25) is 9.59 Å². The number of anilines is 1. The molecule has 0 fully saturated rings. The van der Waals surface area contributed by atoms with Crippen molar-refractivity contribution in [2.45, 2.75) is 12.7 Å². The smallest absolute Gasteiger partial charge is 0.348 e. The van der Waals surface area contributed by atoms with E-state index in [1.165, 1.54) is 24.3 Å². The highest BCUT2D eigenvalue weighted by molar-refractivity contribution is 6.06. The van der Waals surface area contributed by atoms with Crippen LogP contribution in [0.15, 0.2) is 78.9 Å². The molecule has 29 heavy (non-hydrogen) atoms. The molecule has 0 radical (unpaired) electrons. The second-order valence-electron chi connectivity index (χ2n) is 6.28. The van der Waals surface area contributed by atoms with E-state index in [0.29, 0.717) is 12.1 Å². The van der Waals surface area contributed by atoms with E-state index in [2.05, 4.69) is 10.6 Å². The Morgan fingerprint density at radius 2 is 1.38 bits per heavy atom. The standard InChI is InChI=1S/C22H17F3N2O2/c23-22(24,25)18-9-11-19(12-10-18)27-21(29)17-8-4-7-16(13-17)20(28)26-14-15-5-2-1-3-6-15/h1-13H,14H2,(H,26,28)(H,27,29). The zero-order chi connectivity index (χ0) is 20.9. The molecule has 7 heteroatoms. The summed E-state index contributed by atoms with van der Waals surface area (Å²) in [6, 6.07) is 19.6. The van der Waals surface area contributed by atoms with E-state index in [9.17, 15) is 22.8 Å². The molecule has 2 amide bonds. The predicted octanol–water partition coefficient (Wildman–Crippen LogP) is 4.89. The lowest BCUT2D eigenvalue weighted by molar-refractivity contribution is -0.137. The molecule has 0 saturated heterocycles. The van der Waals surface area contributed by atoms with Crippen molar-refractivity contribution in [3.63, 3.8) is 0 Å². The normalized spacial score (nSPS) is 11.0. The molecule has 0 aromatic heterocycles. The first-order valence-corrected chi connectivity index (χ1v) is 8.74. The number of carbonyl (C=O) groups excluding carboxylic acids is 2. The van der Waals surface area contributed by atoms with Crippen molar-refractivity contribution in [3.8, 4) is 0 Å². The highest BCUT2D eigenvalue weighted by Gasteiger charge is 2.30. The Morgan fingerprint density at radius 1 is 0.759 bits per heavy atom. The first kappa shape index (κ1) is 20.1. The van der Waals surface area contributed by atoms with Gasteiger partial charge in [0, 0.05) is 23.4 Å². The number of alkyl halides is 3. The summed E-state index contributed by atoms with van der Waals surface area (Å²) in [4.78, 5) is 24.7. The number of hydrogen-bond donors (Lipinski definition) is 2. The van der Waals surface area contributed by atoms with Crippen molar-refractivity contribution in [3.05, 3.63) is 101 Å². The molecular formula is C22H17F3N2O2. The molecule has 3 aromatic carbocycles. The minimum atomic E-state index is -4.44. The van der Waals surface area contributed by atoms with Crippen LogP contribution in [0.1, 0.15) is 31.8 Å². The molecule has 0 aliphatic carbocycles. The summed E-state index contributed by atoms with van der Waals surface area (Å²) in [6.45, 7) is 0.349.